The Balaban J connectivity index is 1.30. The summed E-state index contributed by atoms with van der Waals surface area (Å²) in [6.45, 7) is 10.2. The third-order valence-electron chi connectivity index (χ3n) is 9.44. The van der Waals surface area contributed by atoms with Gasteiger partial charge in [-0.1, -0.05) is 13.5 Å². The topological polar surface area (TPSA) is 124 Å². The standard InChI is InChI=1S/C31H39FN8O2S2/c1-18(32)30(41)40-13-11-39(12-14-40)25-16-26(42-19(2)22-7-6-10-38(22)4)36-29(35-25)21-15-24(44-37-21)31(3)9-5-8-23-27(31)20(17-33)28(34)43-23/h15-16,19,21-22,37H,1,5-14,34H2,2-4H3/t19-,21?,22-,31?/m0/s1. The van der Waals surface area contributed by atoms with Gasteiger partial charge in [0, 0.05) is 53.5 Å². The van der Waals surface area contributed by atoms with Gasteiger partial charge in [-0.2, -0.15) is 10.2 Å². The summed E-state index contributed by atoms with van der Waals surface area (Å²) in [7, 11) is 2.13. The van der Waals surface area contributed by atoms with E-state index in [1.165, 1.54) is 21.1 Å². The first-order valence-corrected chi connectivity index (χ1v) is 16.8. The van der Waals surface area contributed by atoms with Crippen molar-refractivity contribution in [3.63, 3.8) is 0 Å². The maximum Gasteiger partial charge on any atom is 0.282 e. The lowest BCUT2D eigenvalue weighted by atomic mass is 9.72. The highest BCUT2D eigenvalue weighted by atomic mass is 32.2. The number of nitrogens with one attached hydrogen (secondary N) is 1. The molecule has 234 valence electrons. The van der Waals surface area contributed by atoms with Gasteiger partial charge in [-0.3, -0.25) is 9.69 Å². The van der Waals surface area contributed by atoms with Crippen LogP contribution in [0.4, 0.5) is 15.2 Å². The van der Waals surface area contributed by atoms with Gasteiger partial charge in [0.15, 0.2) is 11.7 Å². The lowest BCUT2D eigenvalue weighted by Gasteiger charge is -2.35. The average Bonchev–Trinajstić information content (AvgIpc) is 3.75. The Labute approximate surface area is 266 Å². The smallest absolute Gasteiger partial charge is 0.282 e. The molecule has 0 spiro atoms. The van der Waals surface area contributed by atoms with Gasteiger partial charge in [0.1, 0.15) is 23.0 Å². The highest BCUT2D eigenvalue weighted by molar-refractivity contribution is 8.01. The molecule has 3 N–H and O–H groups in total. The number of halogens is 1. The monoisotopic (exact) mass is 638 g/mol. The number of allylic oxidation sites excluding steroid dienone is 1. The van der Waals surface area contributed by atoms with Crippen molar-refractivity contribution in [3.8, 4) is 11.9 Å². The molecule has 1 aliphatic carbocycles. The Morgan fingerprint density at radius 2 is 2.07 bits per heavy atom. The predicted octanol–water partition coefficient (Wildman–Crippen LogP) is 4.46. The van der Waals surface area contributed by atoms with Gasteiger partial charge in [-0.05, 0) is 76.2 Å². The van der Waals surface area contributed by atoms with Crippen LogP contribution in [-0.4, -0.2) is 77.6 Å². The number of piperazine rings is 1. The quantitative estimate of drug-likeness (QED) is 0.332. The second kappa shape index (κ2) is 12.3. The molecule has 2 unspecified atom stereocenters. The lowest BCUT2D eigenvalue weighted by Crippen LogP contribution is -2.49. The number of carbonyl (C=O) groups is 1. The minimum atomic E-state index is -0.942. The first-order valence-electron chi connectivity index (χ1n) is 15.2. The largest absolute Gasteiger partial charge is 0.473 e. The first-order chi connectivity index (χ1) is 21.1. The van der Waals surface area contributed by atoms with E-state index in [1.54, 1.807) is 11.9 Å². The fraction of sp³-hybridized carbons (Fsp3) is 0.548. The summed E-state index contributed by atoms with van der Waals surface area (Å²) in [5, 5.41) is 10.5. The van der Waals surface area contributed by atoms with Crippen molar-refractivity contribution in [1.82, 2.24) is 24.5 Å². The number of amides is 1. The van der Waals surface area contributed by atoms with Crippen LogP contribution in [0.1, 0.15) is 67.4 Å². The van der Waals surface area contributed by atoms with Crippen LogP contribution >= 0.6 is 23.3 Å². The molecule has 0 aromatic carbocycles. The Kier molecular flexibility index (Phi) is 8.63. The molecule has 0 bridgehead atoms. The summed E-state index contributed by atoms with van der Waals surface area (Å²) in [6, 6.07) is 4.27. The zero-order chi connectivity index (χ0) is 31.2. The molecule has 3 aliphatic heterocycles. The van der Waals surface area contributed by atoms with Crippen LogP contribution in [0.2, 0.25) is 0 Å². The summed E-state index contributed by atoms with van der Waals surface area (Å²) >= 11 is 3.10. The molecule has 5 heterocycles. The molecule has 2 saturated heterocycles. The number of rotatable bonds is 7. The normalized spacial score (nSPS) is 26.2. The number of hydrogen-bond acceptors (Lipinski definition) is 11. The number of ether oxygens (including phenoxy) is 1. The first kappa shape index (κ1) is 30.8. The van der Waals surface area contributed by atoms with Crippen LogP contribution in [0.3, 0.4) is 0 Å². The Morgan fingerprint density at radius 1 is 1.30 bits per heavy atom. The van der Waals surface area contributed by atoms with Gasteiger partial charge in [0.05, 0.1) is 11.6 Å². The number of fused-ring (bicyclic) bond motifs is 1. The molecule has 6 rings (SSSR count). The Bertz CT molecular complexity index is 1530. The minimum absolute atomic E-state index is 0.0619. The van der Waals surface area contributed by atoms with E-state index >= 15 is 0 Å². The highest BCUT2D eigenvalue weighted by Gasteiger charge is 2.43. The van der Waals surface area contributed by atoms with Crippen molar-refractivity contribution < 1.29 is 13.9 Å². The highest BCUT2D eigenvalue weighted by Crippen LogP contribution is 2.53. The van der Waals surface area contributed by atoms with Crippen molar-refractivity contribution in [3.05, 3.63) is 51.3 Å². The molecule has 0 saturated carbocycles. The van der Waals surface area contributed by atoms with Gasteiger partial charge in [-0.25, -0.2) is 14.1 Å². The number of likely N-dealkylation sites (N-methyl/N-ethyl adjacent to an activating group) is 1. The Morgan fingerprint density at radius 3 is 2.75 bits per heavy atom. The summed E-state index contributed by atoms with van der Waals surface area (Å²) in [5.41, 5.74) is 7.61. The summed E-state index contributed by atoms with van der Waals surface area (Å²) in [6.07, 6.45) is 7.22. The number of carbonyl (C=O) groups excluding carboxylic acids is 1. The number of nitrogen functional groups attached to an aromatic ring is 1. The van der Waals surface area contributed by atoms with Crippen LogP contribution in [0.15, 0.2) is 29.5 Å². The fourth-order valence-electron chi connectivity index (χ4n) is 7.01. The molecule has 10 nitrogen and oxygen atoms in total. The van der Waals surface area contributed by atoms with Crippen molar-refractivity contribution in [2.75, 3.05) is 50.4 Å². The number of nitrogens with zero attached hydrogens (tertiary/aromatic N) is 6. The molecular weight excluding hydrogens is 600 g/mol. The maximum atomic E-state index is 13.5. The molecule has 0 radical (unpaired) electrons. The number of aryl methyl sites for hydroxylation is 1. The zero-order valence-electron chi connectivity index (χ0n) is 25.4. The van der Waals surface area contributed by atoms with E-state index in [0.29, 0.717) is 60.3 Å². The molecule has 13 heteroatoms. The van der Waals surface area contributed by atoms with E-state index in [9.17, 15) is 14.4 Å². The summed E-state index contributed by atoms with van der Waals surface area (Å²) < 4.78 is 23.5. The fourth-order valence-corrected chi connectivity index (χ4v) is 9.26. The lowest BCUT2D eigenvalue weighted by molar-refractivity contribution is -0.128. The summed E-state index contributed by atoms with van der Waals surface area (Å²) in [5.74, 6) is 0.198. The van der Waals surface area contributed by atoms with Crippen LogP contribution < -0.4 is 20.1 Å². The second-order valence-electron chi connectivity index (χ2n) is 12.3. The third kappa shape index (κ3) is 5.69. The van der Waals surface area contributed by atoms with Crippen molar-refractivity contribution in [1.29, 1.82) is 5.26 Å². The number of nitrogens with two attached hydrogens (primary N) is 1. The van der Waals surface area contributed by atoms with Crippen molar-refractivity contribution in [2.24, 2.45) is 0 Å². The van der Waals surface area contributed by atoms with Gasteiger partial charge in [0.2, 0.25) is 5.88 Å². The number of nitriles is 1. The average molecular weight is 639 g/mol. The van der Waals surface area contributed by atoms with Crippen LogP contribution in [-0.2, 0) is 16.6 Å². The van der Waals surface area contributed by atoms with Crippen LogP contribution in [0.25, 0.3) is 0 Å². The van der Waals surface area contributed by atoms with E-state index in [-0.39, 0.29) is 17.6 Å². The van der Waals surface area contributed by atoms with E-state index in [0.717, 1.165) is 49.1 Å². The third-order valence-corrected chi connectivity index (χ3v) is 11.7. The zero-order valence-corrected chi connectivity index (χ0v) is 27.1. The van der Waals surface area contributed by atoms with Gasteiger partial charge < -0.3 is 20.3 Å². The maximum absolute atomic E-state index is 13.5. The number of thiophene rings is 1. The van der Waals surface area contributed by atoms with Gasteiger partial charge in [-0.15, -0.1) is 11.3 Å². The molecule has 2 aromatic rings. The SMILES string of the molecule is C=C(F)C(=O)N1CCN(c2cc(O[C@@H](C)[C@@H]3CCCN3C)nc(C3C=C(C4(C)CCCc5sc(N)c(C#N)c54)SN3)n2)CC1. The summed E-state index contributed by atoms with van der Waals surface area (Å²) in [4.78, 5) is 30.3. The van der Waals surface area contributed by atoms with Gasteiger partial charge in [0.25, 0.3) is 5.91 Å². The van der Waals surface area contributed by atoms with E-state index in [2.05, 4.69) is 54.1 Å². The van der Waals surface area contributed by atoms with Crippen LogP contribution in [0, 0.1) is 11.3 Å². The second-order valence-corrected chi connectivity index (χ2v) is 14.3. The van der Waals surface area contributed by atoms with E-state index < -0.39 is 11.7 Å². The van der Waals surface area contributed by atoms with Gasteiger partial charge >= 0.3 is 0 Å². The molecule has 2 aromatic heterocycles. The molecule has 1 amide bonds. The number of aromatic nitrogens is 2. The molecule has 4 atom stereocenters. The molecule has 2 fully saturated rings. The van der Waals surface area contributed by atoms with E-state index in [1.807, 2.05) is 6.07 Å². The van der Waals surface area contributed by atoms with Crippen molar-refractivity contribution in [2.45, 2.75) is 69.6 Å². The molecule has 4 aliphatic rings. The number of hydrogen-bond donors (Lipinski definition) is 2. The molecular formula is C31H39FN8O2S2. The van der Waals surface area contributed by atoms with E-state index in [4.69, 9.17) is 20.4 Å². The number of likely N-dealkylation sites (tertiary alicyclic amines) is 1. The molecule has 44 heavy (non-hydrogen) atoms. The van der Waals surface area contributed by atoms with Crippen molar-refractivity contribution >= 4 is 40.0 Å². The predicted molar refractivity (Wildman–Crippen MR) is 172 cm³/mol. The number of anilines is 2. The minimum Gasteiger partial charge on any atom is -0.473 e. The Hall–Kier alpha value is -3.18. The van der Waals surface area contributed by atoms with Crippen LogP contribution in [0.5, 0.6) is 5.88 Å².